The summed E-state index contributed by atoms with van der Waals surface area (Å²) in [5.41, 5.74) is 2.03. The first kappa shape index (κ1) is 12.4. The number of rotatable bonds is 4. The van der Waals surface area contributed by atoms with Crippen LogP contribution in [0.5, 0.6) is 0 Å². The van der Waals surface area contributed by atoms with E-state index in [1.165, 1.54) is 17.8 Å². The second kappa shape index (κ2) is 5.54. The zero-order chi connectivity index (χ0) is 13.0. The highest BCUT2D eigenvalue weighted by Gasteiger charge is 2.10. The van der Waals surface area contributed by atoms with Crippen molar-refractivity contribution in [1.29, 1.82) is 0 Å². The van der Waals surface area contributed by atoms with Crippen molar-refractivity contribution in [1.82, 2.24) is 4.98 Å². The van der Waals surface area contributed by atoms with Gasteiger partial charge in [-0.2, -0.15) is 0 Å². The Hall–Kier alpha value is -2.03. The number of pyridine rings is 1. The van der Waals surface area contributed by atoms with Crippen molar-refractivity contribution in [2.45, 2.75) is 19.8 Å². The Kier molecular flexibility index (Phi) is 3.82. The largest absolute Gasteiger partial charge is 0.289 e. The SMILES string of the molecule is CCCc1ccc(C(=O)c2cncc(F)c2)cc1. The molecule has 2 aromatic rings. The van der Waals surface area contributed by atoms with E-state index in [2.05, 4.69) is 11.9 Å². The van der Waals surface area contributed by atoms with Gasteiger partial charge in [-0.3, -0.25) is 9.78 Å². The van der Waals surface area contributed by atoms with Gasteiger partial charge in [0.15, 0.2) is 5.78 Å². The van der Waals surface area contributed by atoms with Crippen LogP contribution >= 0.6 is 0 Å². The fourth-order valence-corrected chi connectivity index (χ4v) is 1.81. The third-order valence-corrected chi connectivity index (χ3v) is 2.72. The van der Waals surface area contributed by atoms with Crippen molar-refractivity contribution in [2.75, 3.05) is 0 Å². The topological polar surface area (TPSA) is 30.0 Å². The fourth-order valence-electron chi connectivity index (χ4n) is 1.81. The Balaban J connectivity index is 2.23. The Bertz CT molecular complexity index is 549. The minimum atomic E-state index is -0.497. The van der Waals surface area contributed by atoms with Gasteiger partial charge < -0.3 is 0 Å². The van der Waals surface area contributed by atoms with Crippen LogP contribution in [0.2, 0.25) is 0 Å². The summed E-state index contributed by atoms with van der Waals surface area (Å²) in [5, 5.41) is 0. The highest BCUT2D eigenvalue weighted by molar-refractivity contribution is 6.08. The summed E-state index contributed by atoms with van der Waals surface area (Å²) in [6, 6.07) is 8.62. The molecule has 1 aromatic heterocycles. The molecule has 0 amide bonds. The zero-order valence-electron chi connectivity index (χ0n) is 10.2. The fraction of sp³-hybridized carbons (Fsp3) is 0.200. The molecule has 0 saturated heterocycles. The first-order valence-electron chi connectivity index (χ1n) is 5.95. The summed E-state index contributed by atoms with van der Waals surface area (Å²) >= 11 is 0. The standard InChI is InChI=1S/C15H14FNO/c1-2-3-11-4-6-12(7-5-11)15(18)13-8-14(16)10-17-9-13/h4-10H,2-3H2,1H3. The molecule has 0 atom stereocenters. The highest BCUT2D eigenvalue weighted by Crippen LogP contribution is 2.12. The predicted octanol–water partition coefficient (Wildman–Crippen LogP) is 3.40. The summed E-state index contributed by atoms with van der Waals surface area (Å²) in [5.74, 6) is -0.700. The van der Waals surface area contributed by atoms with Crippen molar-refractivity contribution < 1.29 is 9.18 Å². The molecule has 1 aromatic carbocycles. The number of hydrogen-bond acceptors (Lipinski definition) is 2. The van der Waals surface area contributed by atoms with Gasteiger partial charge in [0, 0.05) is 17.3 Å². The second-order valence-electron chi connectivity index (χ2n) is 4.17. The van der Waals surface area contributed by atoms with E-state index < -0.39 is 5.82 Å². The van der Waals surface area contributed by atoms with Gasteiger partial charge in [-0.05, 0) is 18.1 Å². The van der Waals surface area contributed by atoms with E-state index in [1.54, 1.807) is 12.1 Å². The lowest BCUT2D eigenvalue weighted by molar-refractivity contribution is 0.103. The van der Waals surface area contributed by atoms with E-state index in [9.17, 15) is 9.18 Å². The lowest BCUT2D eigenvalue weighted by Crippen LogP contribution is -2.02. The maximum Gasteiger partial charge on any atom is 0.194 e. The number of aryl methyl sites for hydroxylation is 1. The molecule has 0 unspecified atom stereocenters. The summed E-state index contributed by atoms with van der Waals surface area (Å²) < 4.78 is 13.0. The van der Waals surface area contributed by atoms with E-state index in [0.29, 0.717) is 5.56 Å². The van der Waals surface area contributed by atoms with Gasteiger partial charge in [-0.15, -0.1) is 0 Å². The molecule has 0 spiro atoms. The molecular weight excluding hydrogens is 229 g/mol. The maximum atomic E-state index is 13.0. The average molecular weight is 243 g/mol. The first-order valence-corrected chi connectivity index (χ1v) is 5.95. The van der Waals surface area contributed by atoms with Crippen LogP contribution in [0.25, 0.3) is 0 Å². The molecule has 0 fully saturated rings. The van der Waals surface area contributed by atoms with Crippen molar-refractivity contribution in [2.24, 2.45) is 0 Å². The van der Waals surface area contributed by atoms with Gasteiger partial charge in [0.1, 0.15) is 5.82 Å². The van der Waals surface area contributed by atoms with Crippen molar-refractivity contribution in [3.05, 3.63) is 65.2 Å². The summed E-state index contributed by atoms with van der Waals surface area (Å²) in [6.45, 7) is 2.11. The first-order chi connectivity index (χ1) is 8.70. The Morgan fingerprint density at radius 2 is 1.89 bits per heavy atom. The van der Waals surface area contributed by atoms with Crippen LogP contribution in [-0.4, -0.2) is 10.8 Å². The van der Waals surface area contributed by atoms with Crippen molar-refractivity contribution >= 4 is 5.78 Å². The summed E-state index contributed by atoms with van der Waals surface area (Å²) in [4.78, 5) is 15.7. The molecule has 3 heteroatoms. The van der Waals surface area contributed by atoms with E-state index in [-0.39, 0.29) is 11.3 Å². The van der Waals surface area contributed by atoms with Crippen LogP contribution in [0.4, 0.5) is 4.39 Å². The van der Waals surface area contributed by atoms with Crippen molar-refractivity contribution in [3.63, 3.8) is 0 Å². The number of nitrogens with zero attached hydrogens (tertiary/aromatic N) is 1. The van der Waals surface area contributed by atoms with Crippen LogP contribution in [0, 0.1) is 5.82 Å². The van der Waals surface area contributed by atoms with E-state index in [0.717, 1.165) is 19.0 Å². The van der Waals surface area contributed by atoms with E-state index in [4.69, 9.17) is 0 Å². The molecule has 0 radical (unpaired) electrons. The maximum absolute atomic E-state index is 13.0. The van der Waals surface area contributed by atoms with Gasteiger partial charge in [0.05, 0.1) is 6.20 Å². The average Bonchev–Trinajstić information content (AvgIpc) is 2.39. The van der Waals surface area contributed by atoms with Gasteiger partial charge >= 0.3 is 0 Å². The van der Waals surface area contributed by atoms with E-state index >= 15 is 0 Å². The molecule has 18 heavy (non-hydrogen) atoms. The third kappa shape index (κ3) is 2.80. The normalized spacial score (nSPS) is 10.3. The zero-order valence-corrected chi connectivity index (χ0v) is 10.2. The second-order valence-corrected chi connectivity index (χ2v) is 4.17. The Morgan fingerprint density at radius 1 is 1.17 bits per heavy atom. The Morgan fingerprint density at radius 3 is 2.50 bits per heavy atom. The lowest BCUT2D eigenvalue weighted by Gasteiger charge is -2.03. The highest BCUT2D eigenvalue weighted by atomic mass is 19.1. The van der Waals surface area contributed by atoms with Crippen LogP contribution in [0.1, 0.15) is 34.8 Å². The minimum Gasteiger partial charge on any atom is -0.289 e. The monoisotopic (exact) mass is 243 g/mol. The molecule has 1 heterocycles. The molecule has 2 nitrogen and oxygen atoms in total. The quantitative estimate of drug-likeness (QED) is 0.770. The molecule has 0 aliphatic rings. The molecule has 2 rings (SSSR count). The van der Waals surface area contributed by atoms with Gasteiger partial charge in [0.25, 0.3) is 0 Å². The third-order valence-electron chi connectivity index (χ3n) is 2.72. The molecule has 0 N–H and O–H groups in total. The number of benzene rings is 1. The van der Waals surface area contributed by atoms with Gasteiger partial charge in [-0.1, -0.05) is 37.6 Å². The van der Waals surface area contributed by atoms with Crippen molar-refractivity contribution in [3.8, 4) is 0 Å². The summed E-state index contributed by atoms with van der Waals surface area (Å²) in [6.07, 6.45) is 4.53. The number of carbonyl (C=O) groups excluding carboxylic acids is 1. The number of carbonyl (C=O) groups is 1. The van der Waals surface area contributed by atoms with E-state index in [1.807, 2.05) is 12.1 Å². The van der Waals surface area contributed by atoms with Crippen LogP contribution < -0.4 is 0 Å². The van der Waals surface area contributed by atoms with Gasteiger partial charge in [0.2, 0.25) is 0 Å². The summed E-state index contributed by atoms with van der Waals surface area (Å²) in [7, 11) is 0. The number of halogens is 1. The molecule has 0 saturated carbocycles. The number of hydrogen-bond donors (Lipinski definition) is 0. The Labute approximate surface area is 105 Å². The molecule has 92 valence electrons. The smallest absolute Gasteiger partial charge is 0.194 e. The van der Waals surface area contributed by atoms with Crippen LogP contribution in [0.3, 0.4) is 0 Å². The van der Waals surface area contributed by atoms with Crippen LogP contribution in [0.15, 0.2) is 42.7 Å². The molecule has 0 bridgehead atoms. The molecule has 0 aliphatic heterocycles. The molecule has 0 aliphatic carbocycles. The molecular formula is C15H14FNO. The lowest BCUT2D eigenvalue weighted by atomic mass is 10.0. The minimum absolute atomic E-state index is 0.204. The number of aromatic nitrogens is 1. The predicted molar refractivity (Wildman–Crippen MR) is 68.1 cm³/mol. The van der Waals surface area contributed by atoms with Gasteiger partial charge in [-0.25, -0.2) is 4.39 Å². The number of ketones is 1. The van der Waals surface area contributed by atoms with Crippen LogP contribution in [-0.2, 0) is 6.42 Å².